The molecule has 0 radical (unpaired) electrons. The van der Waals surface area contributed by atoms with E-state index in [9.17, 15) is 0 Å². The van der Waals surface area contributed by atoms with Gasteiger partial charge in [-0.3, -0.25) is 4.98 Å². The van der Waals surface area contributed by atoms with Crippen molar-refractivity contribution in [1.82, 2.24) is 10.3 Å². The second-order valence-electron chi connectivity index (χ2n) is 4.83. The Morgan fingerprint density at radius 3 is 2.50 bits per heavy atom. The number of halogens is 2. The number of nitrogens with zero attached hydrogens (tertiary/aromatic N) is 1. The molecule has 4 heteroatoms. The number of aromatic nitrogens is 1. The van der Waals surface area contributed by atoms with Crippen molar-refractivity contribution >= 4 is 31.9 Å². The summed E-state index contributed by atoms with van der Waals surface area (Å²) >= 11 is 6.97. The molecule has 1 aromatic carbocycles. The van der Waals surface area contributed by atoms with Crippen LogP contribution in [-0.4, -0.2) is 4.98 Å². The molecule has 1 unspecified atom stereocenters. The zero-order chi connectivity index (χ0) is 14.5. The van der Waals surface area contributed by atoms with Crippen LogP contribution in [0, 0.1) is 6.92 Å². The Bertz CT molecular complexity index is 567. The first-order valence-electron chi connectivity index (χ1n) is 6.70. The van der Waals surface area contributed by atoms with Gasteiger partial charge in [0.15, 0.2) is 0 Å². The Morgan fingerprint density at radius 2 is 1.90 bits per heavy atom. The first-order chi connectivity index (χ1) is 9.60. The topological polar surface area (TPSA) is 24.9 Å². The molecule has 2 nitrogen and oxygen atoms in total. The summed E-state index contributed by atoms with van der Waals surface area (Å²) in [6.07, 6.45) is 2.88. The summed E-state index contributed by atoms with van der Waals surface area (Å²) in [6, 6.07) is 11.1. The van der Waals surface area contributed by atoms with Crippen molar-refractivity contribution in [2.24, 2.45) is 0 Å². The van der Waals surface area contributed by atoms with Gasteiger partial charge in [-0.25, -0.2) is 0 Å². The van der Waals surface area contributed by atoms with E-state index in [1.807, 2.05) is 12.3 Å². The summed E-state index contributed by atoms with van der Waals surface area (Å²) in [4.78, 5) is 4.44. The van der Waals surface area contributed by atoms with Gasteiger partial charge in [0.1, 0.15) is 0 Å². The summed E-state index contributed by atoms with van der Waals surface area (Å²) in [5, 5.41) is 3.57. The highest BCUT2D eigenvalue weighted by molar-refractivity contribution is 9.11. The third-order valence-electron chi connectivity index (χ3n) is 3.29. The second-order valence-corrected chi connectivity index (χ2v) is 6.60. The van der Waals surface area contributed by atoms with E-state index in [1.165, 1.54) is 11.1 Å². The van der Waals surface area contributed by atoms with Crippen molar-refractivity contribution < 1.29 is 0 Å². The van der Waals surface area contributed by atoms with Crippen LogP contribution in [0.3, 0.4) is 0 Å². The lowest BCUT2D eigenvalue weighted by molar-refractivity contribution is 0.513. The molecular formula is C16H18Br2N2. The lowest BCUT2D eigenvalue weighted by Gasteiger charge is -2.18. The van der Waals surface area contributed by atoms with Crippen molar-refractivity contribution in [3.05, 3.63) is 62.3 Å². The molecule has 0 aliphatic rings. The van der Waals surface area contributed by atoms with Gasteiger partial charge in [-0.05, 0) is 56.8 Å². The zero-order valence-corrected chi connectivity index (χ0v) is 14.8. The smallest absolute Gasteiger partial charge is 0.0684 e. The zero-order valence-electron chi connectivity index (χ0n) is 11.7. The largest absolute Gasteiger partial charge is 0.304 e. The SMILES string of the molecule is CCC(NCc1ncc(Br)cc1Br)c1ccc(C)cc1. The quantitative estimate of drug-likeness (QED) is 0.753. The number of aryl methyl sites for hydroxylation is 1. The maximum Gasteiger partial charge on any atom is 0.0684 e. The maximum atomic E-state index is 4.44. The van der Waals surface area contributed by atoms with Crippen LogP contribution in [-0.2, 0) is 6.54 Å². The molecule has 0 aliphatic carbocycles. The van der Waals surface area contributed by atoms with Crippen LogP contribution in [0.15, 0.2) is 45.5 Å². The number of hydrogen-bond acceptors (Lipinski definition) is 2. The fourth-order valence-corrected chi connectivity index (χ4v) is 3.22. The normalized spacial score (nSPS) is 12.4. The van der Waals surface area contributed by atoms with Gasteiger partial charge in [-0.1, -0.05) is 36.8 Å². The van der Waals surface area contributed by atoms with Crippen LogP contribution in [0.1, 0.15) is 36.2 Å². The van der Waals surface area contributed by atoms with E-state index in [0.29, 0.717) is 6.04 Å². The third-order valence-corrected chi connectivity index (χ3v) is 4.41. The molecular weight excluding hydrogens is 380 g/mol. The van der Waals surface area contributed by atoms with Crippen molar-refractivity contribution in [3.63, 3.8) is 0 Å². The van der Waals surface area contributed by atoms with Gasteiger partial charge < -0.3 is 5.32 Å². The highest BCUT2D eigenvalue weighted by atomic mass is 79.9. The van der Waals surface area contributed by atoms with E-state index >= 15 is 0 Å². The Hall–Kier alpha value is -0.710. The predicted octanol–water partition coefficient (Wildman–Crippen LogP) is 5.16. The molecule has 0 spiro atoms. The highest BCUT2D eigenvalue weighted by Crippen LogP contribution is 2.22. The van der Waals surface area contributed by atoms with Crippen LogP contribution in [0.25, 0.3) is 0 Å². The Morgan fingerprint density at radius 1 is 1.20 bits per heavy atom. The number of hydrogen-bond donors (Lipinski definition) is 1. The van der Waals surface area contributed by atoms with Gasteiger partial charge in [0.05, 0.1) is 5.69 Å². The van der Waals surface area contributed by atoms with Crippen LogP contribution in [0.5, 0.6) is 0 Å². The van der Waals surface area contributed by atoms with E-state index in [2.05, 4.69) is 80.3 Å². The standard InChI is InChI=1S/C16H18Br2N2/c1-3-15(12-6-4-11(2)5-7-12)20-10-16-14(18)8-13(17)9-19-16/h4-9,15,20H,3,10H2,1-2H3. The molecule has 2 rings (SSSR count). The number of pyridine rings is 1. The van der Waals surface area contributed by atoms with Crippen LogP contribution in [0.4, 0.5) is 0 Å². The Balaban J connectivity index is 2.05. The monoisotopic (exact) mass is 396 g/mol. The minimum absolute atomic E-state index is 0.355. The molecule has 106 valence electrons. The van der Waals surface area contributed by atoms with Crippen molar-refractivity contribution in [3.8, 4) is 0 Å². The third kappa shape index (κ3) is 4.14. The molecule has 0 aliphatic heterocycles. The van der Waals surface area contributed by atoms with Gasteiger partial charge >= 0.3 is 0 Å². The summed E-state index contributed by atoms with van der Waals surface area (Å²) in [7, 11) is 0. The van der Waals surface area contributed by atoms with Crippen LogP contribution >= 0.6 is 31.9 Å². The van der Waals surface area contributed by atoms with Gasteiger partial charge in [0, 0.05) is 27.7 Å². The van der Waals surface area contributed by atoms with E-state index in [0.717, 1.165) is 27.6 Å². The Kier molecular flexibility index (Phi) is 5.75. The first kappa shape index (κ1) is 15.7. The van der Waals surface area contributed by atoms with E-state index in [1.54, 1.807) is 0 Å². The first-order valence-corrected chi connectivity index (χ1v) is 8.28. The highest BCUT2D eigenvalue weighted by Gasteiger charge is 2.10. The molecule has 0 saturated carbocycles. The van der Waals surface area contributed by atoms with E-state index < -0.39 is 0 Å². The molecule has 0 fully saturated rings. The van der Waals surface area contributed by atoms with E-state index in [4.69, 9.17) is 0 Å². The average Bonchev–Trinajstić information content (AvgIpc) is 2.43. The van der Waals surface area contributed by atoms with Crippen LogP contribution < -0.4 is 5.32 Å². The summed E-state index contributed by atoms with van der Waals surface area (Å²) in [5.74, 6) is 0. The lowest BCUT2D eigenvalue weighted by atomic mass is 10.0. The summed E-state index contributed by atoms with van der Waals surface area (Å²) < 4.78 is 2.01. The average molecular weight is 398 g/mol. The van der Waals surface area contributed by atoms with Crippen molar-refractivity contribution in [2.45, 2.75) is 32.9 Å². The number of benzene rings is 1. The minimum atomic E-state index is 0.355. The van der Waals surface area contributed by atoms with Gasteiger partial charge in [-0.15, -0.1) is 0 Å². The molecule has 1 aromatic heterocycles. The molecule has 1 N–H and O–H groups in total. The predicted molar refractivity (Wildman–Crippen MR) is 90.7 cm³/mol. The second kappa shape index (κ2) is 7.34. The van der Waals surface area contributed by atoms with Crippen molar-refractivity contribution in [2.75, 3.05) is 0 Å². The molecule has 1 heterocycles. The molecule has 0 amide bonds. The number of nitrogens with one attached hydrogen (secondary N) is 1. The van der Waals surface area contributed by atoms with Gasteiger partial charge in [-0.2, -0.15) is 0 Å². The number of rotatable bonds is 5. The molecule has 20 heavy (non-hydrogen) atoms. The van der Waals surface area contributed by atoms with E-state index in [-0.39, 0.29) is 0 Å². The van der Waals surface area contributed by atoms with Crippen molar-refractivity contribution in [1.29, 1.82) is 0 Å². The Labute approximate surface area is 137 Å². The molecule has 1 atom stereocenters. The van der Waals surface area contributed by atoms with Crippen LogP contribution in [0.2, 0.25) is 0 Å². The summed E-state index contributed by atoms with van der Waals surface area (Å²) in [6.45, 7) is 5.06. The summed E-state index contributed by atoms with van der Waals surface area (Å²) in [5.41, 5.74) is 3.64. The minimum Gasteiger partial charge on any atom is -0.304 e. The molecule has 0 saturated heterocycles. The fourth-order valence-electron chi connectivity index (χ4n) is 2.09. The van der Waals surface area contributed by atoms with Gasteiger partial charge in [0.25, 0.3) is 0 Å². The maximum absolute atomic E-state index is 4.44. The fraction of sp³-hybridized carbons (Fsp3) is 0.312. The molecule has 2 aromatic rings. The molecule has 0 bridgehead atoms. The van der Waals surface area contributed by atoms with Gasteiger partial charge in [0.2, 0.25) is 0 Å². The lowest BCUT2D eigenvalue weighted by Crippen LogP contribution is -2.21.